The largest absolute Gasteiger partial charge is 0.494 e. The van der Waals surface area contributed by atoms with Crippen LogP contribution in [0.1, 0.15) is 34.5 Å². The third-order valence-electron chi connectivity index (χ3n) is 5.66. The fourth-order valence-corrected chi connectivity index (χ4v) is 4.71. The van der Waals surface area contributed by atoms with Crippen LogP contribution >= 0.6 is 11.3 Å². The quantitative estimate of drug-likeness (QED) is 0.702. The average molecular weight is 412 g/mol. The van der Waals surface area contributed by atoms with Gasteiger partial charge in [-0.2, -0.15) is 0 Å². The van der Waals surface area contributed by atoms with Crippen molar-refractivity contribution in [2.75, 3.05) is 25.9 Å². The number of benzene rings is 2. The molecule has 0 radical (unpaired) electrons. The normalized spacial score (nSPS) is 15.9. The standard InChI is InChI=1S/C22H22FN3O2S/c1-28-17-9-5-8-16(19(17)23)20(27)26-12-10-22(11-13-26,15-6-3-2-4-7-15)18-14-29-21(24)25-18/h2-9,14H,10-13H2,1H3,(H2,24,25). The van der Waals surface area contributed by atoms with Gasteiger partial charge < -0.3 is 15.4 Å². The highest BCUT2D eigenvalue weighted by Crippen LogP contribution is 2.42. The van der Waals surface area contributed by atoms with Gasteiger partial charge in [-0.15, -0.1) is 11.3 Å². The van der Waals surface area contributed by atoms with E-state index in [4.69, 9.17) is 10.5 Å². The van der Waals surface area contributed by atoms with Gasteiger partial charge in [0.25, 0.3) is 5.91 Å². The molecule has 1 fully saturated rings. The third kappa shape index (κ3) is 3.46. The first kappa shape index (κ1) is 19.4. The number of piperidine rings is 1. The summed E-state index contributed by atoms with van der Waals surface area (Å²) < 4.78 is 19.6. The Balaban J connectivity index is 1.62. The predicted molar refractivity (Wildman–Crippen MR) is 112 cm³/mol. The molecule has 0 spiro atoms. The molecule has 0 bridgehead atoms. The number of nitrogen functional groups attached to an aromatic ring is 1. The van der Waals surface area contributed by atoms with Gasteiger partial charge in [0.15, 0.2) is 16.7 Å². The molecule has 7 heteroatoms. The van der Waals surface area contributed by atoms with E-state index in [1.807, 2.05) is 23.6 Å². The number of carbonyl (C=O) groups excluding carboxylic acids is 1. The van der Waals surface area contributed by atoms with Gasteiger partial charge in [-0.1, -0.05) is 36.4 Å². The Labute approximate surface area is 172 Å². The number of hydrogen-bond acceptors (Lipinski definition) is 5. The molecule has 0 atom stereocenters. The molecule has 2 aromatic carbocycles. The van der Waals surface area contributed by atoms with Crippen LogP contribution in [0.5, 0.6) is 5.75 Å². The molecule has 3 aromatic rings. The molecule has 2 N–H and O–H groups in total. The van der Waals surface area contributed by atoms with Crippen molar-refractivity contribution in [1.82, 2.24) is 9.88 Å². The monoisotopic (exact) mass is 411 g/mol. The number of carbonyl (C=O) groups is 1. The summed E-state index contributed by atoms with van der Waals surface area (Å²) in [4.78, 5) is 19.2. The molecule has 29 heavy (non-hydrogen) atoms. The lowest BCUT2D eigenvalue weighted by Gasteiger charge is -2.41. The molecule has 150 valence electrons. The Hall–Kier alpha value is -2.93. The Morgan fingerprint density at radius 1 is 1.17 bits per heavy atom. The molecule has 1 amide bonds. The zero-order valence-electron chi connectivity index (χ0n) is 16.1. The molecular weight excluding hydrogens is 389 g/mol. The summed E-state index contributed by atoms with van der Waals surface area (Å²) in [5.41, 5.74) is 7.73. The number of thiazole rings is 1. The van der Waals surface area contributed by atoms with E-state index in [9.17, 15) is 9.18 Å². The van der Waals surface area contributed by atoms with Gasteiger partial charge in [0.2, 0.25) is 0 Å². The first-order valence-corrected chi connectivity index (χ1v) is 10.3. The van der Waals surface area contributed by atoms with Gasteiger partial charge in [-0.3, -0.25) is 4.79 Å². The number of anilines is 1. The van der Waals surface area contributed by atoms with Crippen LogP contribution in [-0.4, -0.2) is 36.0 Å². The molecule has 1 aliphatic heterocycles. The number of likely N-dealkylation sites (tertiary alicyclic amines) is 1. The molecule has 1 aromatic heterocycles. The maximum atomic E-state index is 14.6. The third-order valence-corrected chi connectivity index (χ3v) is 6.33. The van der Waals surface area contributed by atoms with Crippen molar-refractivity contribution >= 4 is 22.4 Å². The fraction of sp³-hybridized carbons (Fsp3) is 0.273. The Morgan fingerprint density at radius 2 is 1.90 bits per heavy atom. The summed E-state index contributed by atoms with van der Waals surface area (Å²) in [6, 6.07) is 14.8. The molecule has 1 saturated heterocycles. The van der Waals surface area contributed by atoms with Crippen LogP contribution < -0.4 is 10.5 Å². The summed E-state index contributed by atoms with van der Waals surface area (Å²) in [7, 11) is 1.39. The van der Waals surface area contributed by atoms with E-state index in [0.29, 0.717) is 31.1 Å². The van der Waals surface area contributed by atoms with E-state index in [0.717, 1.165) is 11.3 Å². The van der Waals surface area contributed by atoms with Crippen molar-refractivity contribution in [3.63, 3.8) is 0 Å². The first-order valence-electron chi connectivity index (χ1n) is 9.44. The van der Waals surface area contributed by atoms with Crippen LogP contribution in [0, 0.1) is 5.82 Å². The first-order chi connectivity index (χ1) is 14.0. The van der Waals surface area contributed by atoms with Crippen LogP contribution in [0.2, 0.25) is 0 Å². The van der Waals surface area contributed by atoms with E-state index in [1.54, 1.807) is 11.0 Å². The SMILES string of the molecule is COc1cccc(C(=O)N2CCC(c3ccccc3)(c3csc(N)n3)CC2)c1F. The minimum absolute atomic E-state index is 0.0365. The van der Waals surface area contributed by atoms with Crippen LogP contribution in [0.25, 0.3) is 0 Å². The highest BCUT2D eigenvalue weighted by Gasteiger charge is 2.41. The van der Waals surface area contributed by atoms with Gasteiger partial charge >= 0.3 is 0 Å². The van der Waals surface area contributed by atoms with E-state index in [1.165, 1.54) is 30.6 Å². The molecule has 4 rings (SSSR count). The Morgan fingerprint density at radius 3 is 2.52 bits per heavy atom. The fourth-order valence-electron chi connectivity index (χ4n) is 4.05. The van der Waals surface area contributed by atoms with Crippen LogP contribution in [-0.2, 0) is 5.41 Å². The van der Waals surface area contributed by atoms with Crippen molar-refractivity contribution in [1.29, 1.82) is 0 Å². The Bertz CT molecular complexity index is 1010. The average Bonchev–Trinajstić information content (AvgIpc) is 3.21. The minimum Gasteiger partial charge on any atom is -0.494 e. The van der Waals surface area contributed by atoms with Gasteiger partial charge in [-0.25, -0.2) is 9.37 Å². The molecule has 0 unspecified atom stereocenters. The van der Waals surface area contributed by atoms with Gasteiger partial charge in [0.05, 0.1) is 18.4 Å². The second kappa shape index (κ2) is 7.83. The van der Waals surface area contributed by atoms with Crippen molar-refractivity contribution < 1.29 is 13.9 Å². The van der Waals surface area contributed by atoms with Crippen molar-refractivity contribution in [2.24, 2.45) is 0 Å². The smallest absolute Gasteiger partial charge is 0.256 e. The maximum absolute atomic E-state index is 14.6. The lowest BCUT2D eigenvalue weighted by Crippen LogP contribution is -2.46. The lowest BCUT2D eigenvalue weighted by atomic mass is 9.70. The van der Waals surface area contributed by atoms with Crippen LogP contribution in [0.3, 0.4) is 0 Å². The molecule has 1 aliphatic rings. The van der Waals surface area contributed by atoms with Crippen molar-refractivity contribution in [2.45, 2.75) is 18.3 Å². The van der Waals surface area contributed by atoms with Crippen LogP contribution in [0.15, 0.2) is 53.9 Å². The van der Waals surface area contributed by atoms with E-state index in [-0.39, 0.29) is 22.6 Å². The molecule has 0 saturated carbocycles. The molecule has 2 heterocycles. The van der Waals surface area contributed by atoms with Gasteiger partial charge in [0, 0.05) is 23.9 Å². The topological polar surface area (TPSA) is 68.5 Å². The number of nitrogens with zero attached hydrogens (tertiary/aromatic N) is 2. The van der Waals surface area contributed by atoms with Gasteiger partial charge in [-0.05, 0) is 30.5 Å². The summed E-state index contributed by atoms with van der Waals surface area (Å²) >= 11 is 1.42. The highest BCUT2D eigenvalue weighted by molar-refractivity contribution is 7.13. The zero-order chi connectivity index (χ0) is 20.4. The summed E-state index contributed by atoms with van der Waals surface area (Å²) in [6.07, 6.45) is 1.38. The van der Waals surface area contributed by atoms with E-state index < -0.39 is 5.82 Å². The number of nitrogens with two attached hydrogens (primary N) is 1. The number of aromatic nitrogens is 1. The van der Waals surface area contributed by atoms with Crippen molar-refractivity contribution in [3.8, 4) is 5.75 Å². The second-order valence-corrected chi connectivity index (χ2v) is 8.02. The number of ether oxygens (including phenoxy) is 1. The maximum Gasteiger partial charge on any atom is 0.256 e. The molecule has 5 nitrogen and oxygen atoms in total. The highest BCUT2D eigenvalue weighted by atomic mass is 32.1. The predicted octanol–water partition coefficient (Wildman–Crippen LogP) is 4.10. The number of rotatable bonds is 4. The van der Waals surface area contributed by atoms with E-state index in [2.05, 4.69) is 17.1 Å². The molecule has 0 aliphatic carbocycles. The number of methoxy groups -OCH3 is 1. The van der Waals surface area contributed by atoms with Crippen molar-refractivity contribution in [3.05, 3.63) is 76.5 Å². The summed E-state index contributed by atoms with van der Waals surface area (Å²) in [5.74, 6) is -0.863. The number of halogens is 1. The zero-order valence-corrected chi connectivity index (χ0v) is 16.9. The second-order valence-electron chi connectivity index (χ2n) is 7.13. The Kier molecular flexibility index (Phi) is 5.24. The van der Waals surface area contributed by atoms with E-state index >= 15 is 0 Å². The number of amides is 1. The van der Waals surface area contributed by atoms with Gasteiger partial charge in [0.1, 0.15) is 0 Å². The number of hydrogen-bond donors (Lipinski definition) is 1. The summed E-state index contributed by atoms with van der Waals surface area (Å²) in [5, 5.41) is 2.54. The lowest BCUT2D eigenvalue weighted by molar-refractivity contribution is 0.0678. The van der Waals surface area contributed by atoms with Crippen LogP contribution in [0.4, 0.5) is 9.52 Å². The minimum atomic E-state index is -0.618. The molecular formula is C22H22FN3O2S. The summed E-state index contributed by atoms with van der Waals surface area (Å²) in [6.45, 7) is 1.00.